The first kappa shape index (κ1) is 14.4. The third-order valence-electron chi connectivity index (χ3n) is 2.39. The lowest BCUT2D eigenvalue weighted by atomic mass is 10.3. The number of thiazole rings is 1. The smallest absolute Gasteiger partial charge is 0.332 e. The van der Waals surface area contributed by atoms with Gasteiger partial charge in [0.25, 0.3) is 5.91 Å². The molecular weight excluding hydrogens is 291 g/mol. The molecule has 0 aromatic carbocycles. The number of amides is 1. The van der Waals surface area contributed by atoms with Gasteiger partial charge in [0.05, 0.1) is 6.20 Å². The second-order valence-corrected chi connectivity index (χ2v) is 5.08. The maximum absolute atomic E-state index is 12.2. The van der Waals surface area contributed by atoms with Crippen molar-refractivity contribution in [3.8, 4) is 10.6 Å². The van der Waals surface area contributed by atoms with Gasteiger partial charge in [-0.15, -0.1) is 11.3 Å². The van der Waals surface area contributed by atoms with Crippen molar-refractivity contribution in [1.29, 1.82) is 0 Å². The molecule has 0 radical (unpaired) electrons. The van der Waals surface area contributed by atoms with Crippen molar-refractivity contribution < 1.29 is 18.0 Å². The molecule has 0 atom stereocenters. The quantitative estimate of drug-likeness (QED) is 0.875. The van der Waals surface area contributed by atoms with Gasteiger partial charge in [-0.05, 0) is 12.1 Å². The number of hydrogen-bond donors (Lipinski definition) is 0. The molecule has 0 spiro atoms. The average Bonchev–Trinajstić information content (AvgIpc) is 2.86. The lowest BCUT2D eigenvalue weighted by molar-refractivity contribution is -0.138. The van der Waals surface area contributed by atoms with Crippen molar-refractivity contribution in [2.75, 3.05) is 13.6 Å². The summed E-state index contributed by atoms with van der Waals surface area (Å²) in [4.78, 5) is 20.6. The van der Waals surface area contributed by atoms with Crippen LogP contribution in [-0.4, -0.2) is 40.5 Å². The molecule has 0 saturated heterocycles. The molecule has 2 aromatic heterocycles. The Hall–Kier alpha value is -1.96. The number of nitrogens with zero attached hydrogens (tertiary/aromatic N) is 3. The Bertz CT molecular complexity index is 597. The summed E-state index contributed by atoms with van der Waals surface area (Å²) in [5.41, 5.74) is 0.718. The third kappa shape index (κ3) is 3.53. The normalized spacial score (nSPS) is 11.4. The highest BCUT2D eigenvalue weighted by atomic mass is 32.1. The second kappa shape index (κ2) is 5.58. The molecule has 0 aliphatic rings. The first-order valence-corrected chi connectivity index (χ1v) is 6.37. The molecule has 0 bridgehead atoms. The number of hydrogen-bond acceptors (Lipinski definition) is 4. The topological polar surface area (TPSA) is 46.1 Å². The van der Waals surface area contributed by atoms with E-state index in [0.29, 0.717) is 9.91 Å². The van der Waals surface area contributed by atoms with Crippen LogP contribution in [0.2, 0.25) is 0 Å². The predicted molar refractivity (Wildman–Crippen MR) is 68.4 cm³/mol. The number of carbonyl (C=O) groups is 1. The molecule has 1 amide bonds. The molecule has 0 aliphatic heterocycles. The lowest BCUT2D eigenvalue weighted by Crippen LogP contribution is -2.35. The van der Waals surface area contributed by atoms with Gasteiger partial charge in [-0.1, -0.05) is 0 Å². The Labute approximate surface area is 116 Å². The number of rotatable bonds is 3. The van der Waals surface area contributed by atoms with Gasteiger partial charge < -0.3 is 4.90 Å². The Morgan fingerprint density at radius 3 is 2.75 bits per heavy atom. The van der Waals surface area contributed by atoms with E-state index in [-0.39, 0.29) is 4.88 Å². The summed E-state index contributed by atoms with van der Waals surface area (Å²) in [6.45, 7) is -1.29. The number of aromatic nitrogens is 2. The molecule has 0 saturated carbocycles. The summed E-state index contributed by atoms with van der Waals surface area (Å²) in [6.07, 6.45) is 0.0380. The van der Waals surface area contributed by atoms with Crippen LogP contribution in [0.15, 0.2) is 30.7 Å². The standard InChI is InChI=1S/C12H10F3N3OS/c1-18(7-12(13,14)15)11(19)9-6-17-10(20-9)8-3-2-4-16-5-8/h2-6H,7H2,1H3. The summed E-state index contributed by atoms with van der Waals surface area (Å²) in [7, 11) is 1.11. The molecule has 0 aliphatic carbocycles. The lowest BCUT2D eigenvalue weighted by Gasteiger charge is -2.17. The van der Waals surface area contributed by atoms with Crippen LogP contribution >= 0.6 is 11.3 Å². The van der Waals surface area contributed by atoms with Crippen molar-refractivity contribution in [3.63, 3.8) is 0 Å². The van der Waals surface area contributed by atoms with Crippen LogP contribution in [0, 0.1) is 0 Å². The molecule has 2 rings (SSSR count). The van der Waals surface area contributed by atoms with Crippen molar-refractivity contribution in [1.82, 2.24) is 14.9 Å². The van der Waals surface area contributed by atoms with E-state index in [2.05, 4.69) is 9.97 Å². The van der Waals surface area contributed by atoms with E-state index in [1.807, 2.05) is 0 Å². The zero-order chi connectivity index (χ0) is 14.8. The van der Waals surface area contributed by atoms with E-state index < -0.39 is 18.6 Å². The number of pyridine rings is 1. The molecule has 0 N–H and O–H groups in total. The SMILES string of the molecule is CN(CC(F)(F)F)C(=O)c1cnc(-c2cccnc2)s1. The molecule has 0 fully saturated rings. The van der Waals surface area contributed by atoms with Crippen LogP contribution in [0.5, 0.6) is 0 Å². The largest absolute Gasteiger partial charge is 0.406 e. The molecule has 8 heteroatoms. The molecule has 4 nitrogen and oxygen atoms in total. The van der Waals surface area contributed by atoms with E-state index >= 15 is 0 Å². The van der Waals surface area contributed by atoms with Gasteiger partial charge in [0.1, 0.15) is 16.4 Å². The first-order chi connectivity index (χ1) is 9.37. The van der Waals surface area contributed by atoms with Crippen LogP contribution in [-0.2, 0) is 0 Å². The van der Waals surface area contributed by atoms with Crippen LogP contribution in [0.3, 0.4) is 0 Å². The Kier molecular flexibility index (Phi) is 4.03. The summed E-state index contributed by atoms with van der Waals surface area (Å²) in [5, 5.41) is 0.543. The maximum Gasteiger partial charge on any atom is 0.406 e. The zero-order valence-electron chi connectivity index (χ0n) is 10.4. The second-order valence-electron chi connectivity index (χ2n) is 4.05. The van der Waals surface area contributed by atoms with Gasteiger partial charge in [0.2, 0.25) is 0 Å². The van der Waals surface area contributed by atoms with Gasteiger partial charge in [0.15, 0.2) is 0 Å². The van der Waals surface area contributed by atoms with E-state index in [1.165, 1.54) is 6.20 Å². The Morgan fingerprint density at radius 2 is 2.15 bits per heavy atom. The highest BCUT2D eigenvalue weighted by molar-refractivity contribution is 7.16. The number of halogens is 3. The minimum atomic E-state index is -4.42. The van der Waals surface area contributed by atoms with Crippen LogP contribution in [0.25, 0.3) is 10.6 Å². The van der Waals surface area contributed by atoms with E-state index in [9.17, 15) is 18.0 Å². The molecule has 106 valence electrons. The van der Waals surface area contributed by atoms with Crippen molar-refractivity contribution >= 4 is 17.2 Å². The van der Waals surface area contributed by atoms with Crippen molar-refractivity contribution in [2.24, 2.45) is 0 Å². The third-order valence-corrected chi connectivity index (χ3v) is 3.42. The minimum absolute atomic E-state index is 0.163. The van der Waals surface area contributed by atoms with Crippen LogP contribution in [0.1, 0.15) is 9.67 Å². The zero-order valence-corrected chi connectivity index (χ0v) is 11.2. The summed E-state index contributed by atoms with van der Waals surface area (Å²) in [6, 6.07) is 3.48. The fourth-order valence-corrected chi connectivity index (χ4v) is 2.43. The van der Waals surface area contributed by atoms with Crippen molar-refractivity contribution in [3.05, 3.63) is 35.6 Å². The summed E-state index contributed by atoms with van der Waals surface area (Å²) >= 11 is 1.04. The van der Waals surface area contributed by atoms with Crippen molar-refractivity contribution in [2.45, 2.75) is 6.18 Å². The van der Waals surface area contributed by atoms with E-state index in [0.717, 1.165) is 23.9 Å². The minimum Gasteiger partial charge on any atom is -0.332 e. The molecule has 20 heavy (non-hydrogen) atoms. The molecule has 0 unspecified atom stereocenters. The first-order valence-electron chi connectivity index (χ1n) is 5.55. The highest BCUT2D eigenvalue weighted by Gasteiger charge is 2.32. The number of carbonyl (C=O) groups excluding carboxylic acids is 1. The van der Waals surface area contributed by atoms with Crippen LogP contribution in [0.4, 0.5) is 13.2 Å². The summed E-state index contributed by atoms with van der Waals surface area (Å²) < 4.78 is 36.7. The van der Waals surface area contributed by atoms with E-state index in [4.69, 9.17) is 0 Å². The van der Waals surface area contributed by atoms with Gasteiger partial charge >= 0.3 is 6.18 Å². The van der Waals surface area contributed by atoms with Gasteiger partial charge in [-0.3, -0.25) is 9.78 Å². The monoisotopic (exact) mass is 301 g/mol. The highest BCUT2D eigenvalue weighted by Crippen LogP contribution is 2.25. The fourth-order valence-electron chi connectivity index (χ4n) is 1.52. The van der Waals surface area contributed by atoms with Gasteiger partial charge in [0, 0.05) is 25.0 Å². The maximum atomic E-state index is 12.2. The van der Waals surface area contributed by atoms with E-state index in [1.54, 1.807) is 24.5 Å². The van der Waals surface area contributed by atoms with Gasteiger partial charge in [-0.2, -0.15) is 13.2 Å². The number of alkyl halides is 3. The van der Waals surface area contributed by atoms with Gasteiger partial charge in [-0.25, -0.2) is 4.98 Å². The Balaban J connectivity index is 2.15. The summed E-state index contributed by atoms with van der Waals surface area (Å²) in [5.74, 6) is -0.699. The fraction of sp³-hybridized carbons (Fsp3) is 0.250. The average molecular weight is 301 g/mol. The Morgan fingerprint density at radius 1 is 1.40 bits per heavy atom. The molecule has 2 heterocycles. The van der Waals surface area contributed by atoms with Crippen LogP contribution < -0.4 is 0 Å². The predicted octanol–water partition coefficient (Wildman–Crippen LogP) is 2.84. The molecule has 2 aromatic rings. The molecular formula is C12H10F3N3OS.